The van der Waals surface area contributed by atoms with Gasteiger partial charge in [0.25, 0.3) is 0 Å². The van der Waals surface area contributed by atoms with Gasteiger partial charge >= 0.3 is 5.97 Å². The summed E-state index contributed by atoms with van der Waals surface area (Å²) < 4.78 is 9.62. The third-order valence-corrected chi connectivity index (χ3v) is 3.42. The highest BCUT2D eigenvalue weighted by Gasteiger charge is 2.11. The van der Waals surface area contributed by atoms with Crippen molar-refractivity contribution in [2.24, 2.45) is 0 Å². The summed E-state index contributed by atoms with van der Waals surface area (Å²) in [5.74, 6) is 0.687. The molecule has 0 saturated carbocycles. The number of esters is 1. The number of aromatic amines is 1. The minimum absolute atomic E-state index is 0.350. The number of nitrogens with zero attached hydrogens (tertiary/aromatic N) is 1. The van der Waals surface area contributed by atoms with Crippen LogP contribution < -0.4 is 0 Å². The molecule has 5 nitrogen and oxygen atoms in total. The monoisotopic (exact) mass is 390 g/mol. The van der Waals surface area contributed by atoms with Gasteiger partial charge in [0, 0.05) is 23.9 Å². The lowest BCUT2D eigenvalue weighted by Crippen LogP contribution is -2.00. The van der Waals surface area contributed by atoms with Gasteiger partial charge in [-0.3, -0.25) is 0 Å². The van der Waals surface area contributed by atoms with Crippen LogP contribution in [0.25, 0.3) is 11.0 Å². The van der Waals surface area contributed by atoms with E-state index in [1.807, 2.05) is 46.4 Å². The zero-order valence-electron chi connectivity index (χ0n) is 16.3. The first-order chi connectivity index (χ1) is 12.1. The fraction of sp³-hybridized carbons (Fsp3) is 0.556. The predicted octanol–water partition coefficient (Wildman–Crippen LogP) is 5.44. The summed E-state index contributed by atoms with van der Waals surface area (Å²) in [6.07, 6.45) is 3.65. The zero-order valence-corrected chi connectivity index (χ0v) is 17.9. The van der Waals surface area contributed by atoms with Gasteiger partial charge in [-0.15, -0.1) is 0 Å². The lowest BCUT2D eigenvalue weighted by Gasteiger charge is -1.94. The van der Waals surface area contributed by atoms with Gasteiger partial charge in [-0.2, -0.15) is 11.8 Å². The number of hydrogen-bond acceptors (Lipinski definition) is 5. The van der Waals surface area contributed by atoms with Crippen molar-refractivity contribution in [3.8, 4) is 0 Å². The molecule has 7 heteroatoms. The summed E-state index contributed by atoms with van der Waals surface area (Å²) in [5.41, 5.74) is 0.931. The Bertz CT molecular complexity index is 572. The largest absolute Gasteiger partial charge is 0.464 e. The zero-order chi connectivity index (χ0) is 19.7. The average molecular weight is 391 g/mol. The van der Waals surface area contributed by atoms with Crippen LogP contribution in [0, 0.1) is 0 Å². The molecule has 0 radical (unpaired) electrons. The van der Waals surface area contributed by atoms with Crippen LogP contribution in [-0.4, -0.2) is 48.3 Å². The topological polar surface area (TPSA) is 64.2 Å². The number of fused-ring (bicyclic) bond motifs is 1. The number of methoxy groups -OCH3 is 1. The minimum atomic E-state index is -0.431. The molecule has 2 aromatic heterocycles. The number of H-pyrrole nitrogens is 1. The number of halogens is 1. The van der Waals surface area contributed by atoms with E-state index in [9.17, 15) is 4.79 Å². The van der Waals surface area contributed by atoms with Crippen LogP contribution in [0.15, 0.2) is 18.3 Å². The Morgan fingerprint density at radius 2 is 1.96 bits per heavy atom. The van der Waals surface area contributed by atoms with E-state index in [0.717, 1.165) is 24.4 Å². The van der Waals surface area contributed by atoms with E-state index in [2.05, 4.69) is 21.0 Å². The summed E-state index contributed by atoms with van der Waals surface area (Å²) in [6, 6.07) is 3.29. The van der Waals surface area contributed by atoms with Gasteiger partial charge < -0.3 is 14.5 Å². The second-order valence-electron chi connectivity index (χ2n) is 3.92. The quantitative estimate of drug-likeness (QED) is 0.543. The Kier molecular flexibility index (Phi) is 18.3. The van der Waals surface area contributed by atoms with Crippen molar-refractivity contribution in [1.29, 1.82) is 0 Å². The van der Waals surface area contributed by atoms with E-state index >= 15 is 0 Å². The maximum atomic E-state index is 11.2. The van der Waals surface area contributed by atoms with Crippen molar-refractivity contribution in [2.45, 2.75) is 34.6 Å². The number of pyridine rings is 1. The molecule has 0 aliphatic carbocycles. The van der Waals surface area contributed by atoms with Crippen LogP contribution in [0.4, 0.5) is 0 Å². The molecule has 25 heavy (non-hydrogen) atoms. The summed E-state index contributed by atoms with van der Waals surface area (Å²) in [6.45, 7) is 11.8. The maximum absolute atomic E-state index is 11.2. The summed E-state index contributed by atoms with van der Waals surface area (Å²) in [5, 5.41) is 1.27. The molecular formula is C18H31ClN2O3S. The van der Waals surface area contributed by atoms with Crippen molar-refractivity contribution in [3.05, 3.63) is 29.0 Å². The Labute approximate surface area is 160 Å². The van der Waals surface area contributed by atoms with Gasteiger partial charge in [-0.05, 0) is 25.3 Å². The van der Waals surface area contributed by atoms with Crippen LogP contribution in [-0.2, 0) is 9.47 Å². The van der Waals surface area contributed by atoms with Crippen LogP contribution in [0.5, 0.6) is 0 Å². The van der Waals surface area contributed by atoms with E-state index in [-0.39, 0.29) is 0 Å². The number of aromatic nitrogens is 2. The number of ether oxygens (including phenoxy) is 2. The molecule has 2 rings (SSSR count). The first-order valence-corrected chi connectivity index (χ1v) is 10.2. The van der Waals surface area contributed by atoms with E-state index in [4.69, 9.17) is 16.3 Å². The molecule has 144 valence electrons. The third kappa shape index (κ3) is 10.4. The molecule has 0 aliphatic heterocycles. The number of hydrogen-bond donors (Lipinski definition) is 1. The van der Waals surface area contributed by atoms with Crippen LogP contribution in [0.2, 0.25) is 5.02 Å². The number of nitrogens with one attached hydrogen (secondary N) is 1. The van der Waals surface area contributed by atoms with Crippen molar-refractivity contribution in [2.75, 3.05) is 32.3 Å². The smallest absolute Gasteiger partial charge is 0.354 e. The average Bonchev–Trinajstić information content (AvgIpc) is 3.11. The summed E-state index contributed by atoms with van der Waals surface area (Å²) in [4.78, 5) is 18.0. The predicted molar refractivity (Wildman–Crippen MR) is 110 cm³/mol. The second-order valence-corrected chi connectivity index (χ2v) is 5.31. The molecular weight excluding hydrogens is 360 g/mol. The Morgan fingerprint density at radius 1 is 1.32 bits per heavy atom. The molecule has 0 spiro atoms. The molecule has 2 aromatic rings. The third-order valence-electron chi connectivity index (χ3n) is 2.52. The van der Waals surface area contributed by atoms with E-state index in [1.54, 1.807) is 18.3 Å². The standard InChI is InChI=1S/C9H7ClN2O2.C5H12OS.2C2H6/c1-14-9(13)7-4-5-6(10)2-3-11-8(5)12-7;1-3-6-4-5-7-2;2*1-2/h2-4H,1H3,(H,11,12);3-5H2,1-2H3;2*1-2H3. The Hall–Kier alpha value is -1.24. The molecule has 0 aliphatic rings. The summed E-state index contributed by atoms with van der Waals surface area (Å²) in [7, 11) is 1.32. The molecule has 0 bridgehead atoms. The second kappa shape index (κ2) is 17.6. The van der Waals surface area contributed by atoms with E-state index in [1.165, 1.54) is 7.11 Å². The number of rotatable bonds is 5. The Balaban J connectivity index is 0. The first-order valence-electron chi connectivity index (χ1n) is 8.42. The molecule has 0 fully saturated rings. The number of carbonyl (C=O) groups excluding carboxylic acids is 1. The summed E-state index contributed by atoms with van der Waals surface area (Å²) >= 11 is 7.72. The van der Waals surface area contributed by atoms with Gasteiger partial charge in [-0.1, -0.05) is 39.3 Å². The van der Waals surface area contributed by atoms with Gasteiger partial charge in [0.05, 0.1) is 18.7 Å². The Morgan fingerprint density at radius 3 is 2.44 bits per heavy atom. The van der Waals surface area contributed by atoms with E-state index in [0.29, 0.717) is 16.4 Å². The highest BCUT2D eigenvalue weighted by molar-refractivity contribution is 7.98. The van der Waals surface area contributed by atoms with Crippen LogP contribution >= 0.6 is 23.4 Å². The molecule has 1 N–H and O–H groups in total. The van der Waals surface area contributed by atoms with Crippen molar-refractivity contribution in [1.82, 2.24) is 9.97 Å². The maximum Gasteiger partial charge on any atom is 0.354 e. The molecule has 0 unspecified atom stereocenters. The normalized spacial score (nSPS) is 8.96. The van der Waals surface area contributed by atoms with Crippen molar-refractivity contribution < 1.29 is 14.3 Å². The van der Waals surface area contributed by atoms with Crippen LogP contribution in [0.1, 0.15) is 45.1 Å². The lowest BCUT2D eigenvalue weighted by molar-refractivity contribution is 0.0595. The lowest BCUT2D eigenvalue weighted by atomic mass is 10.3. The molecule has 0 atom stereocenters. The van der Waals surface area contributed by atoms with Crippen molar-refractivity contribution in [3.63, 3.8) is 0 Å². The highest BCUT2D eigenvalue weighted by atomic mass is 35.5. The fourth-order valence-electron chi connectivity index (χ4n) is 1.50. The molecule has 0 saturated heterocycles. The van der Waals surface area contributed by atoms with Crippen LogP contribution in [0.3, 0.4) is 0 Å². The highest BCUT2D eigenvalue weighted by Crippen LogP contribution is 2.22. The minimum Gasteiger partial charge on any atom is -0.464 e. The number of carbonyl (C=O) groups is 1. The molecule has 0 amide bonds. The van der Waals surface area contributed by atoms with Gasteiger partial charge in [-0.25, -0.2) is 9.78 Å². The van der Waals surface area contributed by atoms with Gasteiger partial charge in [0.15, 0.2) is 0 Å². The SMILES string of the molecule is CC.CC.CCOCCSC.COC(=O)c1cc2c(Cl)ccnc2[nH]1. The van der Waals surface area contributed by atoms with Gasteiger partial charge in [0.2, 0.25) is 0 Å². The molecule has 2 heterocycles. The molecule has 0 aromatic carbocycles. The van der Waals surface area contributed by atoms with Crippen molar-refractivity contribution >= 4 is 40.4 Å². The van der Waals surface area contributed by atoms with E-state index < -0.39 is 5.97 Å². The van der Waals surface area contributed by atoms with Gasteiger partial charge in [0.1, 0.15) is 11.3 Å². The first kappa shape index (κ1) is 26.0. The number of thioether (sulfide) groups is 1. The fourth-order valence-corrected chi connectivity index (χ4v) is 1.99.